The van der Waals surface area contributed by atoms with Crippen LogP contribution >= 0.6 is 0 Å². The number of nitrogen functional groups attached to an aromatic ring is 1. The second kappa shape index (κ2) is 7.21. The van der Waals surface area contributed by atoms with Gasteiger partial charge in [0.25, 0.3) is 5.56 Å². The van der Waals surface area contributed by atoms with Crippen molar-refractivity contribution in [2.75, 3.05) is 43.4 Å². The maximum atomic E-state index is 13.1. The third kappa shape index (κ3) is 3.77. The molecule has 2 saturated heterocycles. The Morgan fingerprint density at radius 3 is 2.44 bits per heavy atom. The van der Waals surface area contributed by atoms with E-state index >= 15 is 0 Å². The lowest BCUT2D eigenvalue weighted by Gasteiger charge is -2.41. The maximum Gasteiger partial charge on any atom is 0.254 e. The summed E-state index contributed by atoms with van der Waals surface area (Å²) in [5, 5.41) is 0. The summed E-state index contributed by atoms with van der Waals surface area (Å²) in [6.07, 6.45) is 4.64. The number of hydrogen-bond donors (Lipinski definition) is 2. The summed E-state index contributed by atoms with van der Waals surface area (Å²) in [4.78, 5) is 49.5. The first-order chi connectivity index (χ1) is 13.0. The number of H-pyrrole nitrogens is 1. The van der Waals surface area contributed by atoms with Crippen molar-refractivity contribution in [3.63, 3.8) is 0 Å². The molecule has 2 aliphatic heterocycles. The number of piperazine rings is 1. The minimum absolute atomic E-state index is 0.0572. The standard InChI is InChI=1S/C18H26N6O3/c19-18-20-14(11-15(25)21-18)22-7-9-23(10-8-22)17(27)13-3-1-2-6-24(13)16(26)12-4-5-12/h11-13H,1-10H2,(H3,19,20,21,25). The molecule has 1 unspecified atom stereocenters. The Labute approximate surface area is 157 Å². The van der Waals surface area contributed by atoms with Crippen molar-refractivity contribution >= 4 is 23.6 Å². The van der Waals surface area contributed by atoms with E-state index < -0.39 is 0 Å². The largest absolute Gasteiger partial charge is 0.369 e. The highest BCUT2D eigenvalue weighted by molar-refractivity contribution is 5.89. The quantitative estimate of drug-likeness (QED) is 0.756. The van der Waals surface area contributed by atoms with Gasteiger partial charge in [-0.25, -0.2) is 0 Å². The molecule has 4 rings (SSSR count). The van der Waals surface area contributed by atoms with Crippen molar-refractivity contribution < 1.29 is 9.59 Å². The van der Waals surface area contributed by atoms with Gasteiger partial charge in [0.15, 0.2) is 0 Å². The van der Waals surface area contributed by atoms with Gasteiger partial charge in [0.1, 0.15) is 11.9 Å². The molecule has 0 bridgehead atoms. The van der Waals surface area contributed by atoms with Gasteiger partial charge in [0.2, 0.25) is 17.8 Å². The number of piperidine rings is 1. The average Bonchev–Trinajstić information content (AvgIpc) is 3.51. The SMILES string of the molecule is Nc1nc(N2CCN(C(=O)C3CCCCN3C(=O)C3CC3)CC2)cc(=O)[nH]1. The van der Waals surface area contributed by atoms with Crippen LogP contribution in [0.25, 0.3) is 0 Å². The Kier molecular flexibility index (Phi) is 4.75. The second-order valence-electron chi connectivity index (χ2n) is 7.62. The van der Waals surface area contributed by atoms with E-state index in [0.29, 0.717) is 38.5 Å². The van der Waals surface area contributed by atoms with Gasteiger partial charge in [0.05, 0.1) is 0 Å². The van der Waals surface area contributed by atoms with Crippen LogP contribution in [0.3, 0.4) is 0 Å². The van der Waals surface area contributed by atoms with Crippen molar-refractivity contribution in [2.24, 2.45) is 5.92 Å². The normalized spacial score (nSPS) is 23.4. The summed E-state index contributed by atoms with van der Waals surface area (Å²) >= 11 is 0. The van der Waals surface area contributed by atoms with E-state index in [-0.39, 0.29) is 35.3 Å². The lowest BCUT2D eigenvalue weighted by molar-refractivity contribution is -0.148. The molecule has 0 spiro atoms. The molecule has 0 radical (unpaired) electrons. The number of nitrogens with zero attached hydrogens (tertiary/aromatic N) is 4. The highest BCUT2D eigenvalue weighted by Gasteiger charge is 2.41. The monoisotopic (exact) mass is 374 g/mol. The van der Waals surface area contributed by atoms with Crippen LogP contribution in [-0.2, 0) is 9.59 Å². The number of nitrogens with two attached hydrogens (primary N) is 1. The lowest BCUT2D eigenvalue weighted by atomic mass is 9.99. The van der Waals surface area contributed by atoms with E-state index in [2.05, 4.69) is 9.97 Å². The Morgan fingerprint density at radius 2 is 1.78 bits per heavy atom. The van der Waals surface area contributed by atoms with Crippen molar-refractivity contribution in [2.45, 2.75) is 38.1 Å². The van der Waals surface area contributed by atoms with E-state index in [1.54, 1.807) is 0 Å². The van der Waals surface area contributed by atoms with Gasteiger partial charge in [-0.1, -0.05) is 0 Å². The van der Waals surface area contributed by atoms with Crippen molar-refractivity contribution in [3.8, 4) is 0 Å². The predicted molar refractivity (Wildman–Crippen MR) is 100 cm³/mol. The van der Waals surface area contributed by atoms with Gasteiger partial charge >= 0.3 is 0 Å². The van der Waals surface area contributed by atoms with Crippen LogP contribution in [-0.4, -0.2) is 70.3 Å². The molecule has 3 aliphatic rings. The van der Waals surface area contributed by atoms with Crippen LogP contribution < -0.4 is 16.2 Å². The first-order valence-corrected chi connectivity index (χ1v) is 9.74. The maximum absolute atomic E-state index is 13.1. The van der Waals surface area contributed by atoms with Crippen LogP contribution in [0.4, 0.5) is 11.8 Å². The summed E-state index contributed by atoms with van der Waals surface area (Å²) in [6, 6.07) is 1.11. The molecule has 9 nitrogen and oxygen atoms in total. The zero-order valence-electron chi connectivity index (χ0n) is 15.4. The van der Waals surface area contributed by atoms with Crippen molar-refractivity contribution in [1.29, 1.82) is 0 Å². The molecule has 2 amide bonds. The first kappa shape index (κ1) is 17.8. The number of carbonyl (C=O) groups is 2. The average molecular weight is 374 g/mol. The Morgan fingerprint density at radius 1 is 1.04 bits per heavy atom. The molecule has 27 heavy (non-hydrogen) atoms. The highest BCUT2D eigenvalue weighted by Crippen LogP contribution is 2.33. The number of anilines is 2. The number of aromatic nitrogens is 2. The Balaban J connectivity index is 1.40. The smallest absolute Gasteiger partial charge is 0.254 e. The summed E-state index contributed by atoms with van der Waals surface area (Å²) in [6.45, 7) is 2.97. The molecule has 1 atom stereocenters. The fourth-order valence-electron chi connectivity index (χ4n) is 4.01. The molecule has 146 valence electrons. The molecule has 3 fully saturated rings. The topological polar surface area (TPSA) is 116 Å². The number of hydrogen-bond acceptors (Lipinski definition) is 6. The van der Waals surface area contributed by atoms with Crippen LogP contribution in [0.1, 0.15) is 32.1 Å². The van der Waals surface area contributed by atoms with Crippen LogP contribution in [0, 0.1) is 5.92 Å². The molecule has 0 aromatic carbocycles. The molecular formula is C18H26N6O3. The number of rotatable bonds is 3. The number of aromatic amines is 1. The first-order valence-electron chi connectivity index (χ1n) is 9.74. The summed E-state index contributed by atoms with van der Waals surface area (Å²) < 4.78 is 0. The summed E-state index contributed by atoms with van der Waals surface area (Å²) in [7, 11) is 0. The third-order valence-electron chi connectivity index (χ3n) is 5.66. The number of nitrogens with one attached hydrogen (secondary N) is 1. The molecule has 3 N–H and O–H groups in total. The van der Waals surface area contributed by atoms with Gasteiger partial charge < -0.3 is 20.4 Å². The van der Waals surface area contributed by atoms with Crippen LogP contribution in [0.5, 0.6) is 0 Å². The number of likely N-dealkylation sites (tertiary alicyclic amines) is 1. The minimum atomic E-state index is -0.313. The van der Waals surface area contributed by atoms with Crippen LogP contribution in [0.2, 0.25) is 0 Å². The minimum Gasteiger partial charge on any atom is -0.369 e. The predicted octanol–water partition coefficient (Wildman–Crippen LogP) is -0.208. The van der Waals surface area contributed by atoms with E-state index in [4.69, 9.17) is 5.73 Å². The Hall–Kier alpha value is -2.58. The highest BCUT2D eigenvalue weighted by atomic mass is 16.2. The lowest BCUT2D eigenvalue weighted by Crippen LogP contribution is -2.57. The van der Waals surface area contributed by atoms with Gasteiger partial charge in [-0.3, -0.25) is 19.4 Å². The van der Waals surface area contributed by atoms with Gasteiger partial charge in [0, 0.05) is 44.7 Å². The third-order valence-corrected chi connectivity index (χ3v) is 5.66. The van der Waals surface area contributed by atoms with E-state index in [0.717, 1.165) is 32.1 Å². The molecule has 1 aromatic heterocycles. The molecule has 1 saturated carbocycles. The molecule has 9 heteroatoms. The van der Waals surface area contributed by atoms with Gasteiger partial charge in [-0.2, -0.15) is 4.98 Å². The van der Waals surface area contributed by atoms with E-state index in [1.807, 2.05) is 14.7 Å². The van der Waals surface area contributed by atoms with Gasteiger partial charge in [-0.05, 0) is 32.1 Å². The van der Waals surface area contributed by atoms with Crippen molar-refractivity contribution in [3.05, 3.63) is 16.4 Å². The summed E-state index contributed by atoms with van der Waals surface area (Å²) in [5.41, 5.74) is 5.33. The molecular weight excluding hydrogens is 348 g/mol. The van der Waals surface area contributed by atoms with Crippen LogP contribution in [0.15, 0.2) is 10.9 Å². The molecule has 3 heterocycles. The number of amides is 2. The zero-order valence-corrected chi connectivity index (χ0v) is 15.4. The Bertz CT molecular complexity index is 782. The summed E-state index contributed by atoms with van der Waals surface area (Å²) in [5.74, 6) is 0.985. The zero-order chi connectivity index (χ0) is 19.0. The second-order valence-corrected chi connectivity index (χ2v) is 7.62. The van der Waals surface area contributed by atoms with E-state index in [9.17, 15) is 14.4 Å². The molecule has 1 aliphatic carbocycles. The fourth-order valence-corrected chi connectivity index (χ4v) is 4.01. The fraction of sp³-hybridized carbons (Fsp3) is 0.667. The molecule has 1 aromatic rings. The van der Waals surface area contributed by atoms with E-state index in [1.165, 1.54) is 6.07 Å². The van der Waals surface area contributed by atoms with Crippen molar-refractivity contribution in [1.82, 2.24) is 19.8 Å². The van der Waals surface area contributed by atoms with Gasteiger partial charge in [-0.15, -0.1) is 0 Å². The number of carbonyl (C=O) groups excluding carboxylic acids is 2.